The maximum Gasteiger partial charge on any atom is 0.305 e. The fourth-order valence-electron chi connectivity index (χ4n) is 2.64. The highest BCUT2D eigenvalue weighted by Gasteiger charge is 2.03. The van der Waals surface area contributed by atoms with Crippen molar-refractivity contribution >= 4 is 11.9 Å². The van der Waals surface area contributed by atoms with Gasteiger partial charge in [-0.1, -0.05) is 65.2 Å². The van der Waals surface area contributed by atoms with Crippen molar-refractivity contribution in [2.45, 2.75) is 90.9 Å². The Morgan fingerprint density at radius 1 is 0.500 bits per heavy atom. The summed E-state index contributed by atoms with van der Waals surface area (Å²) in [6.07, 6.45) is 12.2. The van der Waals surface area contributed by atoms with Crippen LogP contribution in [-0.2, 0) is 28.5 Å². The SMILES string of the molecule is CCCCCCCCC(=O)OCCOCCOCCOC(=O)CCCCCC. The second-order valence-electron chi connectivity index (χ2n) is 6.99. The molecule has 0 aromatic heterocycles. The molecule has 0 bridgehead atoms. The van der Waals surface area contributed by atoms with E-state index in [0.717, 1.165) is 38.5 Å². The largest absolute Gasteiger partial charge is 0.463 e. The molecular formula is C22H42O6. The minimum absolute atomic E-state index is 0.146. The number of hydrogen-bond donors (Lipinski definition) is 0. The molecule has 0 atom stereocenters. The Hall–Kier alpha value is -1.14. The van der Waals surface area contributed by atoms with Crippen molar-refractivity contribution in [2.24, 2.45) is 0 Å². The number of hydrogen-bond acceptors (Lipinski definition) is 6. The second-order valence-corrected chi connectivity index (χ2v) is 6.99. The average molecular weight is 403 g/mol. The maximum atomic E-state index is 11.5. The van der Waals surface area contributed by atoms with Gasteiger partial charge in [0, 0.05) is 12.8 Å². The number of ether oxygens (including phenoxy) is 4. The van der Waals surface area contributed by atoms with Gasteiger partial charge in [0.1, 0.15) is 13.2 Å². The van der Waals surface area contributed by atoms with E-state index in [9.17, 15) is 9.59 Å². The summed E-state index contributed by atoms with van der Waals surface area (Å²) in [7, 11) is 0. The molecule has 0 heterocycles. The van der Waals surface area contributed by atoms with Crippen LogP contribution in [0, 0.1) is 0 Å². The third kappa shape index (κ3) is 21.2. The lowest BCUT2D eigenvalue weighted by molar-refractivity contribution is -0.147. The van der Waals surface area contributed by atoms with Gasteiger partial charge in [0.25, 0.3) is 0 Å². The number of carbonyl (C=O) groups excluding carboxylic acids is 2. The van der Waals surface area contributed by atoms with Crippen LogP contribution in [0.2, 0.25) is 0 Å². The predicted octanol–water partition coefficient (Wildman–Crippen LogP) is 4.83. The van der Waals surface area contributed by atoms with Gasteiger partial charge in [-0.15, -0.1) is 0 Å². The molecule has 0 amide bonds. The topological polar surface area (TPSA) is 71.1 Å². The van der Waals surface area contributed by atoms with E-state index in [1.807, 2.05) is 0 Å². The molecule has 0 rings (SSSR count). The Bertz CT molecular complexity index is 359. The molecule has 0 unspecified atom stereocenters. The minimum atomic E-state index is -0.154. The third-order valence-electron chi connectivity index (χ3n) is 4.32. The minimum Gasteiger partial charge on any atom is -0.463 e. The van der Waals surface area contributed by atoms with Crippen LogP contribution in [0.1, 0.15) is 90.9 Å². The zero-order chi connectivity index (χ0) is 20.7. The van der Waals surface area contributed by atoms with E-state index >= 15 is 0 Å². The zero-order valence-corrected chi connectivity index (χ0v) is 18.2. The van der Waals surface area contributed by atoms with Crippen molar-refractivity contribution in [3.8, 4) is 0 Å². The Labute approximate surface area is 171 Å². The van der Waals surface area contributed by atoms with Crippen LogP contribution >= 0.6 is 0 Å². The van der Waals surface area contributed by atoms with Gasteiger partial charge in [-0.2, -0.15) is 0 Å². The summed E-state index contributed by atoms with van der Waals surface area (Å²) < 4.78 is 20.9. The molecule has 0 N–H and O–H groups in total. The lowest BCUT2D eigenvalue weighted by Crippen LogP contribution is -2.15. The van der Waals surface area contributed by atoms with Crippen LogP contribution in [0.15, 0.2) is 0 Å². The summed E-state index contributed by atoms with van der Waals surface area (Å²) in [5.74, 6) is -0.300. The van der Waals surface area contributed by atoms with Gasteiger partial charge < -0.3 is 18.9 Å². The molecule has 6 nitrogen and oxygen atoms in total. The van der Waals surface area contributed by atoms with Crippen molar-refractivity contribution < 1.29 is 28.5 Å². The summed E-state index contributed by atoms with van der Waals surface area (Å²) in [4.78, 5) is 23.0. The summed E-state index contributed by atoms with van der Waals surface area (Å²) in [6, 6.07) is 0. The highest BCUT2D eigenvalue weighted by molar-refractivity contribution is 5.69. The van der Waals surface area contributed by atoms with Crippen molar-refractivity contribution in [3.63, 3.8) is 0 Å². The van der Waals surface area contributed by atoms with E-state index in [1.54, 1.807) is 0 Å². The summed E-state index contributed by atoms with van der Waals surface area (Å²) in [5, 5.41) is 0. The van der Waals surface area contributed by atoms with E-state index in [2.05, 4.69) is 13.8 Å². The van der Waals surface area contributed by atoms with E-state index in [1.165, 1.54) is 25.7 Å². The molecule has 6 heteroatoms. The van der Waals surface area contributed by atoms with Crippen molar-refractivity contribution in [3.05, 3.63) is 0 Å². The number of rotatable bonds is 21. The molecular weight excluding hydrogens is 360 g/mol. The molecule has 166 valence electrons. The maximum absolute atomic E-state index is 11.5. The molecule has 0 aliphatic carbocycles. The van der Waals surface area contributed by atoms with Gasteiger partial charge in [-0.25, -0.2) is 0 Å². The fraction of sp³-hybridized carbons (Fsp3) is 0.909. The Kier molecular flexibility index (Phi) is 21.3. The van der Waals surface area contributed by atoms with Gasteiger partial charge in [-0.3, -0.25) is 9.59 Å². The number of esters is 2. The molecule has 0 radical (unpaired) electrons. The van der Waals surface area contributed by atoms with Gasteiger partial charge in [0.05, 0.1) is 26.4 Å². The van der Waals surface area contributed by atoms with Crippen LogP contribution < -0.4 is 0 Å². The lowest BCUT2D eigenvalue weighted by atomic mass is 10.1. The highest BCUT2D eigenvalue weighted by Crippen LogP contribution is 2.07. The van der Waals surface area contributed by atoms with E-state index in [4.69, 9.17) is 18.9 Å². The smallest absolute Gasteiger partial charge is 0.305 e. The van der Waals surface area contributed by atoms with Crippen molar-refractivity contribution in [1.82, 2.24) is 0 Å². The Morgan fingerprint density at radius 2 is 0.857 bits per heavy atom. The molecule has 0 aliphatic rings. The van der Waals surface area contributed by atoms with Gasteiger partial charge >= 0.3 is 11.9 Å². The number of unbranched alkanes of at least 4 members (excludes halogenated alkanes) is 8. The van der Waals surface area contributed by atoms with Crippen molar-refractivity contribution in [2.75, 3.05) is 39.6 Å². The summed E-state index contributed by atoms with van der Waals surface area (Å²) in [6.45, 7) is 6.50. The van der Waals surface area contributed by atoms with Crippen LogP contribution in [-0.4, -0.2) is 51.6 Å². The zero-order valence-electron chi connectivity index (χ0n) is 18.2. The van der Waals surface area contributed by atoms with Crippen LogP contribution in [0.3, 0.4) is 0 Å². The Balaban J connectivity index is 3.22. The Morgan fingerprint density at radius 3 is 1.32 bits per heavy atom. The fourth-order valence-corrected chi connectivity index (χ4v) is 2.64. The van der Waals surface area contributed by atoms with E-state index in [0.29, 0.717) is 39.3 Å². The number of carbonyl (C=O) groups is 2. The molecule has 0 spiro atoms. The standard InChI is InChI=1S/C22H42O6/c1-3-5-7-9-10-12-14-22(24)28-20-18-26-16-15-25-17-19-27-21(23)13-11-8-6-4-2/h3-20H2,1-2H3. The highest BCUT2D eigenvalue weighted by atomic mass is 16.6. The van der Waals surface area contributed by atoms with E-state index in [-0.39, 0.29) is 25.2 Å². The molecule has 28 heavy (non-hydrogen) atoms. The van der Waals surface area contributed by atoms with Crippen LogP contribution in [0.4, 0.5) is 0 Å². The summed E-state index contributed by atoms with van der Waals surface area (Å²) in [5.41, 5.74) is 0. The quantitative estimate of drug-likeness (QED) is 0.202. The first-order valence-electron chi connectivity index (χ1n) is 11.2. The van der Waals surface area contributed by atoms with Crippen LogP contribution in [0.5, 0.6) is 0 Å². The predicted molar refractivity (Wildman–Crippen MR) is 110 cm³/mol. The normalized spacial score (nSPS) is 10.8. The lowest BCUT2D eigenvalue weighted by Gasteiger charge is -2.08. The monoisotopic (exact) mass is 402 g/mol. The van der Waals surface area contributed by atoms with Gasteiger partial charge in [0.15, 0.2) is 0 Å². The first kappa shape index (κ1) is 26.9. The first-order chi connectivity index (χ1) is 13.7. The molecule has 0 saturated heterocycles. The average Bonchev–Trinajstić information content (AvgIpc) is 2.69. The molecule has 0 fully saturated rings. The summed E-state index contributed by atoms with van der Waals surface area (Å²) >= 11 is 0. The molecule has 0 aromatic rings. The van der Waals surface area contributed by atoms with E-state index < -0.39 is 0 Å². The molecule has 0 saturated carbocycles. The van der Waals surface area contributed by atoms with Gasteiger partial charge in [0.2, 0.25) is 0 Å². The van der Waals surface area contributed by atoms with Crippen LogP contribution in [0.25, 0.3) is 0 Å². The molecule has 0 aromatic carbocycles. The van der Waals surface area contributed by atoms with Gasteiger partial charge in [-0.05, 0) is 12.8 Å². The second kappa shape index (κ2) is 22.2. The molecule has 0 aliphatic heterocycles. The third-order valence-corrected chi connectivity index (χ3v) is 4.32. The van der Waals surface area contributed by atoms with Crippen molar-refractivity contribution in [1.29, 1.82) is 0 Å². The first-order valence-corrected chi connectivity index (χ1v) is 11.2.